The van der Waals surface area contributed by atoms with Crippen LogP contribution in [0.1, 0.15) is 39.5 Å². The average molecular weight is 196 g/mol. The van der Waals surface area contributed by atoms with E-state index in [9.17, 15) is 0 Å². The molecular formula is C12H24N2. The Hall–Kier alpha value is -0.0800. The summed E-state index contributed by atoms with van der Waals surface area (Å²) < 4.78 is 0. The first-order valence-corrected chi connectivity index (χ1v) is 6.06. The summed E-state index contributed by atoms with van der Waals surface area (Å²) >= 11 is 0. The second-order valence-electron chi connectivity index (χ2n) is 5.92. The van der Waals surface area contributed by atoms with Crippen LogP contribution >= 0.6 is 0 Å². The summed E-state index contributed by atoms with van der Waals surface area (Å²) in [6.07, 6.45) is 5.56. The first kappa shape index (κ1) is 10.4. The lowest BCUT2D eigenvalue weighted by Gasteiger charge is -2.53. The van der Waals surface area contributed by atoms with Crippen molar-refractivity contribution >= 4 is 0 Å². The molecule has 1 saturated heterocycles. The van der Waals surface area contributed by atoms with Gasteiger partial charge in [-0.2, -0.15) is 0 Å². The lowest BCUT2D eigenvalue weighted by molar-refractivity contribution is -0.0368. The van der Waals surface area contributed by atoms with E-state index in [-0.39, 0.29) is 0 Å². The van der Waals surface area contributed by atoms with Gasteiger partial charge in [0.2, 0.25) is 0 Å². The van der Waals surface area contributed by atoms with Crippen molar-refractivity contribution in [3.8, 4) is 0 Å². The molecule has 82 valence electrons. The molecule has 1 aliphatic heterocycles. The van der Waals surface area contributed by atoms with Gasteiger partial charge in [0.25, 0.3) is 0 Å². The van der Waals surface area contributed by atoms with Gasteiger partial charge in [-0.3, -0.25) is 4.90 Å². The minimum absolute atomic E-state index is 0.566. The molecule has 2 unspecified atom stereocenters. The molecule has 0 aromatic rings. The van der Waals surface area contributed by atoms with Gasteiger partial charge in [-0.1, -0.05) is 26.7 Å². The van der Waals surface area contributed by atoms with Gasteiger partial charge in [-0.25, -0.2) is 0 Å². The SMILES string of the molecule is CC1(C)CN(C2CCCCC2CN)C1. The largest absolute Gasteiger partial charge is 0.330 e. The van der Waals surface area contributed by atoms with Crippen molar-refractivity contribution < 1.29 is 0 Å². The van der Waals surface area contributed by atoms with Gasteiger partial charge in [0.15, 0.2) is 0 Å². The zero-order valence-electron chi connectivity index (χ0n) is 9.63. The number of hydrogen-bond donors (Lipinski definition) is 1. The number of likely N-dealkylation sites (tertiary alicyclic amines) is 1. The van der Waals surface area contributed by atoms with Crippen LogP contribution in [0.5, 0.6) is 0 Å². The fourth-order valence-corrected chi connectivity index (χ4v) is 3.23. The number of nitrogens with two attached hydrogens (primary N) is 1. The van der Waals surface area contributed by atoms with Crippen molar-refractivity contribution in [3.63, 3.8) is 0 Å². The molecule has 2 N–H and O–H groups in total. The van der Waals surface area contributed by atoms with E-state index in [4.69, 9.17) is 5.73 Å². The van der Waals surface area contributed by atoms with E-state index in [0.29, 0.717) is 5.41 Å². The van der Waals surface area contributed by atoms with Crippen molar-refractivity contribution in [2.45, 2.75) is 45.6 Å². The molecule has 0 amide bonds. The molecule has 14 heavy (non-hydrogen) atoms. The summed E-state index contributed by atoms with van der Waals surface area (Å²) in [6.45, 7) is 8.19. The van der Waals surface area contributed by atoms with Crippen molar-refractivity contribution in [1.82, 2.24) is 4.90 Å². The number of nitrogens with zero attached hydrogens (tertiary/aromatic N) is 1. The van der Waals surface area contributed by atoms with Gasteiger partial charge in [-0.15, -0.1) is 0 Å². The van der Waals surface area contributed by atoms with E-state index in [1.165, 1.54) is 38.8 Å². The maximum absolute atomic E-state index is 5.85. The monoisotopic (exact) mass is 196 g/mol. The van der Waals surface area contributed by atoms with Crippen molar-refractivity contribution in [1.29, 1.82) is 0 Å². The van der Waals surface area contributed by atoms with Gasteiger partial charge >= 0.3 is 0 Å². The van der Waals surface area contributed by atoms with Crippen LogP contribution in [0.25, 0.3) is 0 Å². The molecule has 1 heterocycles. The van der Waals surface area contributed by atoms with Gasteiger partial charge in [0, 0.05) is 19.1 Å². The summed E-state index contributed by atoms with van der Waals surface area (Å²) in [5.74, 6) is 0.778. The third-order valence-electron chi connectivity index (χ3n) is 3.90. The first-order valence-electron chi connectivity index (χ1n) is 6.06. The molecular weight excluding hydrogens is 172 g/mol. The minimum atomic E-state index is 0.566. The standard InChI is InChI=1S/C12H24N2/c1-12(2)8-14(9-12)11-6-4-3-5-10(11)7-13/h10-11H,3-9,13H2,1-2H3. The van der Waals surface area contributed by atoms with Crippen LogP contribution in [0.15, 0.2) is 0 Å². The van der Waals surface area contributed by atoms with Crippen LogP contribution < -0.4 is 5.73 Å². The zero-order chi connectivity index (χ0) is 10.2. The molecule has 2 heteroatoms. The highest BCUT2D eigenvalue weighted by Crippen LogP contribution is 2.37. The Bertz CT molecular complexity index is 192. The molecule has 0 spiro atoms. The third kappa shape index (κ3) is 1.96. The lowest BCUT2D eigenvalue weighted by Crippen LogP contribution is -2.60. The van der Waals surface area contributed by atoms with Crippen LogP contribution in [0.4, 0.5) is 0 Å². The summed E-state index contributed by atoms with van der Waals surface area (Å²) in [7, 11) is 0. The van der Waals surface area contributed by atoms with Gasteiger partial charge < -0.3 is 5.73 Å². The Morgan fingerprint density at radius 3 is 2.43 bits per heavy atom. The van der Waals surface area contributed by atoms with E-state index in [2.05, 4.69) is 18.7 Å². The van der Waals surface area contributed by atoms with Crippen molar-refractivity contribution in [2.24, 2.45) is 17.1 Å². The highest BCUT2D eigenvalue weighted by molar-refractivity contribution is 4.95. The van der Waals surface area contributed by atoms with Crippen LogP contribution in [-0.2, 0) is 0 Å². The second kappa shape index (κ2) is 3.82. The van der Waals surface area contributed by atoms with E-state index in [1.807, 2.05) is 0 Å². The van der Waals surface area contributed by atoms with Crippen molar-refractivity contribution in [3.05, 3.63) is 0 Å². The summed E-state index contributed by atoms with van der Waals surface area (Å²) in [5.41, 5.74) is 6.42. The average Bonchev–Trinajstić information content (AvgIpc) is 2.14. The Morgan fingerprint density at radius 1 is 1.21 bits per heavy atom. The van der Waals surface area contributed by atoms with Crippen LogP contribution in [0.3, 0.4) is 0 Å². The number of hydrogen-bond acceptors (Lipinski definition) is 2. The van der Waals surface area contributed by atoms with Gasteiger partial charge in [0.1, 0.15) is 0 Å². The second-order valence-corrected chi connectivity index (χ2v) is 5.92. The van der Waals surface area contributed by atoms with Crippen LogP contribution in [0, 0.1) is 11.3 Å². The molecule has 2 rings (SSSR count). The Labute approximate surface area is 87.8 Å². The summed E-state index contributed by atoms with van der Waals surface area (Å²) in [5, 5.41) is 0. The fraction of sp³-hybridized carbons (Fsp3) is 1.00. The van der Waals surface area contributed by atoms with Gasteiger partial charge in [0.05, 0.1) is 0 Å². The lowest BCUT2D eigenvalue weighted by atomic mass is 9.77. The van der Waals surface area contributed by atoms with E-state index in [1.54, 1.807) is 0 Å². The Kier molecular flexibility index (Phi) is 2.85. The molecule has 0 bridgehead atoms. The van der Waals surface area contributed by atoms with E-state index >= 15 is 0 Å². The molecule has 0 aromatic carbocycles. The van der Waals surface area contributed by atoms with E-state index in [0.717, 1.165) is 18.5 Å². The van der Waals surface area contributed by atoms with Crippen molar-refractivity contribution in [2.75, 3.05) is 19.6 Å². The smallest absolute Gasteiger partial charge is 0.0136 e. The highest BCUT2D eigenvalue weighted by atomic mass is 15.2. The molecule has 2 fully saturated rings. The topological polar surface area (TPSA) is 29.3 Å². The van der Waals surface area contributed by atoms with Gasteiger partial charge in [-0.05, 0) is 30.7 Å². The zero-order valence-corrected chi connectivity index (χ0v) is 9.63. The van der Waals surface area contributed by atoms with Crippen LogP contribution in [-0.4, -0.2) is 30.6 Å². The molecule has 2 nitrogen and oxygen atoms in total. The van der Waals surface area contributed by atoms with E-state index < -0.39 is 0 Å². The highest BCUT2D eigenvalue weighted by Gasteiger charge is 2.40. The molecule has 1 aliphatic carbocycles. The predicted octanol–water partition coefficient (Wildman–Crippen LogP) is 1.85. The quantitative estimate of drug-likeness (QED) is 0.730. The molecule has 2 atom stereocenters. The van der Waals surface area contributed by atoms with Crippen LogP contribution in [0.2, 0.25) is 0 Å². The molecule has 2 aliphatic rings. The minimum Gasteiger partial charge on any atom is -0.330 e. The Balaban J connectivity index is 1.89. The predicted molar refractivity (Wildman–Crippen MR) is 60.2 cm³/mol. The summed E-state index contributed by atoms with van der Waals surface area (Å²) in [6, 6.07) is 0.807. The maximum atomic E-state index is 5.85. The number of rotatable bonds is 2. The molecule has 0 aromatic heterocycles. The summed E-state index contributed by atoms with van der Waals surface area (Å²) in [4.78, 5) is 2.66. The first-order chi connectivity index (χ1) is 6.62. The maximum Gasteiger partial charge on any atom is 0.0136 e. The molecule has 1 saturated carbocycles. The molecule has 0 radical (unpaired) electrons. The third-order valence-corrected chi connectivity index (χ3v) is 3.90. The Morgan fingerprint density at radius 2 is 1.86 bits per heavy atom. The normalized spacial score (nSPS) is 37.9. The fourth-order valence-electron chi connectivity index (χ4n) is 3.23.